The first-order chi connectivity index (χ1) is 28.8. The lowest BCUT2D eigenvalue weighted by atomic mass is 9.48. The van der Waals surface area contributed by atoms with Crippen molar-refractivity contribution in [2.75, 3.05) is 9.62 Å². The van der Waals surface area contributed by atoms with Crippen LogP contribution in [0.25, 0.3) is 0 Å². The highest BCUT2D eigenvalue weighted by atomic mass is 15.2. The number of para-hydroxylation sites is 4. The lowest BCUT2D eigenvalue weighted by Crippen LogP contribution is -2.59. The monoisotopic (exact) mass is 740 g/mol. The summed E-state index contributed by atoms with van der Waals surface area (Å²) in [6.07, 6.45) is 0. The van der Waals surface area contributed by atoms with Crippen molar-refractivity contribution in [2.24, 2.45) is 9.98 Å². The van der Waals surface area contributed by atoms with Gasteiger partial charge in [-0.05, 0) is 36.4 Å². The van der Waals surface area contributed by atoms with Gasteiger partial charge in [0.15, 0.2) is 0 Å². The summed E-state index contributed by atoms with van der Waals surface area (Å²) in [6, 6.07) is 81.6. The smallest absolute Gasteiger partial charge is 0.328 e. The fraction of sp³-hybridized carbons (Fsp3) is 0. The molecule has 0 bridgehead atoms. The fourth-order valence-corrected chi connectivity index (χ4v) is 8.49. The SMILES string of the molecule is c1ccc(N=C2C(=C3C(=Nc4ccccc4)c4ccccc4N3B(c3ccccc3)c3ccccc3)N(B(c3ccccc3)c3ccccc3)c3ccccc32)cc1. The number of fused-ring (bicyclic) bond motifs is 2. The molecule has 8 aromatic rings. The molecule has 0 aromatic heterocycles. The predicted octanol–water partition coefficient (Wildman–Crippen LogP) is 9.09. The first-order valence-corrected chi connectivity index (χ1v) is 19.8. The van der Waals surface area contributed by atoms with Crippen molar-refractivity contribution >= 4 is 69.7 Å². The molecule has 0 amide bonds. The van der Waals surface area contributed by atoms with E-state index < -0.39 is 0 Å². The normalized spacial score (nSPS) is 15.7. The average molecular weight is 741 g/mol. The first kappa shape index (κ1) is 35.0. The molecule has 2 aliphatic heterocycles. The summed E-state index contributed by atoms with van der Waals surface area (Å²) in [5.41, 5.74) is 14.5. The van der Waals surface area contributed by atoms with Gasteiger partial charge in [0, 0.05) is 22.5 Å². The van der Waals surface area contributed by atoms with Crippen LogP contribution >= 0.6 is 0 Å². The largest absolute Gasteiger partial charge is 0.373 e. The van der Waals surface area contributed by atoms with E-state index in [1.165, 1.54) is 21.9 Å². The molecule has 58 heavy (non-hydrogen) atoms. The maximum atomic E-state index is 5.62. The van der Waals surface area contributed by atoms with Crippen molar-refractivity contribution < 1.29 is 0 Å². The van der Waals surface area contributed by atoms with Crippen molar-refractivity contribution in [3.63, 3.8) is 0 Å². The van der Waals surface area contributed by atoms with Crippen LogP contribution in [0.3, 0.4) is 0 Å². The molecule has 0 spiro atoms. The van der Waals surface area contributed by atoms with E-state index in [0.717, 1.165) is 56.7 Å². The average Bonchev–Trinajstić information content (AvgIpc) is 3.77. The zero-order valence-corrected chi connectivity index (χ0v) is 31.9. The predicted molar refractivity (Wildman–Crippen MR) is 246 cm³/mol. The number of allylic oxidation sites excluding steroid dienone is 2. The summed E-state index contributed by atoms with van der Waals surface area (Å²) in [7, 11) is 0. The van der Waals surface area contributed by atoms with E-state index in [0.29, 0.717) is 0 Å². The van der Waals surface area contributed by atoms with Gasteiger partial charge in [-0.2, -0.15) is 0 Å². The third kappa shape index (κ3) is 6.45. The van der Waals surface area contributed by atoms with Crippen LogP contribution in [-0.2, 0) is 0 Å². The van der Waals surface area contributed by atoms with Crippen molar-refractivity contribution in [1.29, 1.82) is 0 Å². The van der Waals surface area contributed by atoms with Gasteiger partial charge < -0.3 is 9.62 Å². The van der Waals surface area contributed by atoms with Gasteiger partial charge in [-0.3, -0.25) is 0 Å². The molecule has 2 heterocycles. The molecule has 8 aromatic carbocycles. The van der Waals surface area contributed by atoms with Gasteiger partial charge in [0.1, 0.15) is 0 Å². The van der Waals surface area contributed by atoms with E-state index in [4.69, 9.17) is 9.98 Å². The molecule has 0 radical (unpaired) electrons. The topological polar surface area (TPSA) is 31.2 Å². The molecule has 0 saturated carbocycles. The van der Waals surface area contributed by atoms with E-state index in [1.807, 2.05) is 12.1 Å². The second-order valence-electron chi connectivity index (χ2n) is 14.5. The van der Waals surface area contributed by atoms with Gasteiger partial charge in [-0.15, -0.1) is 0 Å². The Morgan fingerprint density at radius 3 is 0.845 bits per heavy atom. The Kier molecular flexibility index (Phi) is 9.42. The van der Waals surface area contributed by atoms with Crippen molar-refractivity contribution in [3.8, 4) is 0 Å². The molecule has 2 aliphatic rings. The zero-order valence-electron chi connectivity index (χ0n) is 31.9. The van der Waals surface area contributed by atoms with Crippen LogP contribution in [0.4, 0.5) is 22.7 Å². The molecule has 0 fully saturated rings. The van der Waals surface area contributed by atoms with E-state index in [-0.39, 0.29) is 13.7 Å². The standard InChI is InChI=1S/C52H38B2N4/c1-7-23-39(24-8-1)53(40-25-9-2-10-26-40)57-47-37-21-19-35-45(47)49(55-43-31-15-5-16-32-43)51(57)52-50(56-44-33-17-6-18-34-44)46-36-20-22-38-48(46)58(52)54(41-27-11-3-12-28-41)42-29-13-4-14-30-42/h1-38H. The Balaban J connectivity index is 1.39. The van der Waals surface area contributed by atoms with E-state index in [9.17, 15) is 0 Å². The van der Waals surface area contributed by atoms with Gasteiger partial charge >= 0.3 is 13.7 Å². The summed E-state index contributed by atoms with van der Waals surface area (Å²) in [6.45, 7) is -0.407. The third-order valence-electron chi connectivity index (χ3n) is 11.0. The molecule has 0 aliphatic carbocycles. The molecule has 272 valence electrons. The molecule has 0 saturated heterocycles. The number of nitrogens with zero attached hydrogens (tertiary/aromatic N) is 4. The lowest BCUT2D eigenvalue weighted by molar-refractivity contribution is 1.27. The van der Waals surface area contributed by atoms with Gasteiger partial charge in [-0.1, -0.05) is 216 Å². The minimum absolute atomic E-state index is 0.204. The van der Waals surface area contributed by atoms with Crippen LogP contribution in [0.5, 0.6) is 0 Å². The summed E-state index contributed by atoms with van der Waals surface area (Å²) in [5.74, 6) is 0. The van der Waals surface area contributed by atoms with Gasteiger partial charge in [0.25, 0.3) is 0 Å². The van der Waals surface area contributed by atoms with Gasteiger partial charge in [0.05, 0.1) is 34.2 Å². The Morgan fingerprint density at radius 1 is 0.276 bits per heavy atom. The minimum Gasteiger partial charge on any atom is -0.373 e. The minimum atomic E-state index is -0.204. The van der Waals surface area contributed by atoms with Crippen LogP contribution in [0.2, 0.25) is 0 Å². The number of hydrogen-bond donors (Lipinski definition) is 0. The Hall–Kier alpha value is -7.43. The number of benzene rings is 8. The highest BCUT2D eigenvalue weighted by Gasteiger charge is 2.47. The quantitative estimate of drug-likeness (QED) is 0.146. The van der Waals surface area contributed by atoms with E-state index >= 15 is 0 Å². The second-order valence-corrected chi connectivity index (χ2v) is 14.5. The van der Waals surface area contributed by atoms with Crippen LogP contribution in [0.15, 0.2) is 252 Å². The maximum Gasteiger partial charge on any atom is 0.328 e. The molecule has 6 heteroatoms. The number of aliphatic imine (C=N–C) groups is 2. The summed E-state index contributed by atoms with van der Waals surface area (Å²) >= 11 is 0. The van der Waals surface area contributed by atoms with Gasteiger partial charge in [0.2, 0.25) is 0 Å². The van der Waals surface area contributed by atoms with Crippen LogP contribution in [0.1, 0.15) is 11.1 Å². The Labute approximate surface area is 341 Å². The molecular formula is C52H38B2N4. The molecule has 0 atom stereocenters. The number of anilines is 2. The zero-order chi connectivity index (χ0) is 38.7. The lowest BCUT2D eigenvalue weighted by Gasteiger charge is -2.35. The summed E-state index contributed by atoms with van der Waals surface area (Å²) in [5, 5.41) is 0. The highest BCUT2D eigenvalue weighted by Crippen LogP contribution is 2.45. The number of rotatable bonds is 8. The Morgan fingerprint density at radius 2 is 0.534 bits per heavy atom. The fourth-order valence-electron chi connectivity index (χ4n) is 8.49. The number of hydrogen-bond acceptors (Lipinski definition) is 4. The van der Waals surface area contributed by atoms with E-state index in [2.05, 4.69) is 228 Å². The van der Waals surface area contributed by atoms with Crippen molar-refractivity contribution in [1.82, 2.24) is 0 Å². The van der Waals surface area contributed by atoms with Gasteiger partial charge in [-0.25, -0.2) is 9.98 Å². The van der Waals surface area contributed by atoms with Crippen LogP contribution in [0, 0.1) is 0 Å². The van der Waals surface area contributed by atoms with Crippen molar-refractivity contribution in [3.05, 3.63) is 253 Å². The highest BCUT2D eigenvalue weighted by molar-refractivity contribution is 6.91. The van der Waals surface area contributed by atoms with Crippen LogP contribution in [-0.4, -0.2) is 25.1 Å². The molecule has 0 unspecified atom stereocenters. The first-order valence-electron chi connectivity index (χ1n) is 19.8. The molecule has 4 nitrogen and oxygen atoms in total. The summed E-state index contributed by atoms with van der Waals surface area (Å²) < 4.78 is 0. The van der Waals surface area contributed by atoms with Crippen molar-refractivity contribution in [2.45, 2.75) is 0 Å². The summed E-state index contributed by atoms with van der Waals surface area (Å²) in [4.78, 5) is 16.3. The molecular weight excluding hydrogens is 702 g/mol. The Bertz CT molecular complexity index is 2500. The third-order valence-corrected chi connectivity index (χ3v) is 11.0. The van der Waals surface area contributed by atoms with E-state index in [1.54, 1.807) is 0 Å². The molecule has 0 N–H and O–H groups in total. The molecule has 10 rings (SSSR count). The maximum absolute atomic E-state index is 5.62. The second kappa shape index (κ2) is 15.6. The van der Waals surface area contributed by atoms with Crippen LogP contribution < -0.4 is 31.5 Å².